The van der Waals surface area contributed by atoms with E-state index in [4.69, 9.17) is 4.74 Å². The summed E-state index contributed by atoms with van der Waals surface area (Å²) in [5.41, 5.74) is 2.12. The lowest BCUT2D eigenvalue weighted by Gasteiger charge is -2.40. The molecule has 0 unspecified atom stereocenters. The van der Waals surface area contributed by atoms with E-state index in [-0.39, 0.29) is 12.1 Å². The Balaban J connectivity index is 1.93. The first-order valence-corrected chi connectivity index (χ1v) is 8.92. The van der Waals surface area contributed by atoms with Gasteiger partial charge in [-0.1, -0.05) is 28.1 Å². The van der Waals surface area contributed by atoms with Crippen LogP contribution in [0.2, 0.25) is 0 Å². The molecule has 5 heteroatoms. The van der Waals surface area contributed by atoms with Crippen molar-refractivity contribution in [3.05, 3.63) is 33.8 Å². The number of hydrogen-bond acceptors (Lipinski definition) is 3. The molecule has 0 radical (unpaired) electrons. The van der Waals surface area contributed by atoms with Crippen LogP contribution in [0.3, 0.4) is 0 Å². The maximum absolute atomic E-state index is 12.3. The van der Waals surface area contributed by atoms with Crippen LogP contribution in [0.25, 0.3) is 0 Å². The van der Waals surface area contributed by atoms with Crippen molar-refractivity contribution in [2.75, 3.05) is 19.6 Å². The maximum Gasteiger partial charge on any atom is 0.410 e. The fourth-order valence-corrected chi connectivity index (χ4v) is 3.08. The molecular weight excluding hydrogens is 356 g/mol. The number of piperazine rings is 1. The van der Waals surface area contributed by atoms with Gasteiger partial charge in [0.25, 0.3) is 0 Å². The smallest absolute Gasteiger partial charge is 0.410 e. The summed E-state index contributed by atoms with van der Waals surface area (Å²) in [6.45, 7) is 13.3. The molecule has 0 aromatic heterocycles. The number of carbonyl (C=O) groups is 1. The summed E-state index contributed by atoms with van der Waals surface area (Å²) in [6.07, 6.45) is -0.205. The highest BCUT2D eigenvalue weighted by molar-refractivity contribution is 9.10. The number of ether oxygens (including phenoxy) is 1. The molecule has 1 heterocycles. The maximum atomic E-state index is 12.3. The van der Waals surface area contributed by atoms with Crippen LogP contribution in [-0.2, 0) is 11.3 Å². The fourth-order valence-electron chi connectivity index (χ4n) is 2.83. The third-order valence-electron chi connectivity index (χ3n) is 3.97. The highest BCUT2D eigenvalue weighted by Gasteiger charge is 2.30. The molecule has 1 amide bonds. The van der Waals surface area contributed by atoms with E-state index in [0.717, 1.165) is 24.1 Å². The van der Waals surface area contributed by atoms with Gasteiger partial charge in [-0.2, -0.15) is 0 Å². The molecule has 1 aliphatic heterocycles. The van der Waals surface area contributed by atoms with Gasteiger partial charge >= 0.3 is 6.09 Å². The van der Waals surface area contributed by atoms with Crippen LogP contribution in [0.1, 0.15) is 38.8 Å². The van der Waals surface area contributed by atoms with Gasteiger partial charge in [-0.25, -0.2) is 4.79 Å². The van der Waals surface area contributed by atoms with Crippen molar-refractivity contribution in [2.24, 2.45) is 0 Å². The first-order valence-electron chi connectivity index (χ1n) is 8.13. The quantitative estimate of drug-likeness (QED) is 0.768. The average molecular weight is 383 g/mol. The molecule has 1 atom stereocenters. The number of rotatable bonds is 2. The van der Waals surface area contributed by atoms with Crippen LogP contribution < -0.4 is 0 Å². The second-order valence-corrected chi connectivity index (χ2v) is 8.20. The molecule has 1 saturated heterocycles. The second kappa shape index (κ2) is 7.22. The molecular formula is C18H27BrN2O2. The number of amides is 1. The van der Waals surface area contributed by atoms with E-state index in [1.54, 1.807) is 0 Å². The van der Waals surface area contributed by atoms with Crippen molar-refractivity contribution in [3.8, 4) is 0 Å². The predicted octanol–water partition coefficient (Wildman–Crippen LogP) is 4.20. The standard InChI is InChI=1S/C18H27BrN2O2/c1-13-10-15(6-7-16(13)19)12-20-8-9-21(14(2)11-20)17(22)23-18(3,4)5/h6-7,10,14H,8-9,11-12H2,1-5H3/t14-/m0/s1. The zero-order valence-corrected chi connectivity index (χ0v) is 16.3. The number of aryl methyl sites for hydroxylation is 1. The van der Waals surface area contributed by atoms with Crippen molar-refractivity contribution < 1.29 is 9.53 Å². The van der Waals surface area contributed by atoms with Crippen molar-refractivity contribution in [3.63, 3.8) is 0 Å². The van der Waals surface area contributed by atoms with Crippen molar-refractivity contribution in [1.29, 1.82) is 0 Å². The van der Waals surface area contributed by atoms with E-state index in [9.17, 15) is 4.79 Å². The molecule has 0 spiro atoms. The molecule has 1 aromatic carbocycles. The van der Waals surface area contributed by atoms with Crippen LogP contribution in [0.15, 0.2) is 22.7 Å². The molecule has 0 aliphatic carbocycles. The van der Waals surface area contributed by atoms with E-state index in [2.05, 4.69) is 52.9 Å². The number of benzene rings is 1. The fraction of sp³-hybridized carbons (Fsp3) is 0.611. The van der Waals surface area contributed by atoms with Gasteiger partial charge in [-0.05, 0) is 51.8 Å². The summed E-state index contributed by atoms with van der Waals surface area (Å²) in [6, 6.07) is 6.64. The van der Waals surface area contributed by atoms with Crippen LogP contribution >= 0.6 is 15.9 Å². The number of hydrogen-bond donors (Lipinski definition) is 0. The minimum atomic E-state index is -0.442. The molecule has 4 nitrogen and oxygen atoms in total. The normalized spacial score (nSPS) is 19.7. The summed E-state index contributed by atoms with van der Waals surface area (Å²) in [7, 11) is 0. The zero-order valence-electron chi connectivity index (χ0n) is 14.7. The minimum Gasteiger partial charge on any atom is -0.444 e. The first-order chi connectivity index (χ1) is 10.7. The van der Waals surface area contributed by atoms with Gasteiger partial charge in [0.05, 0.1) is 0 Å². The van der Waals surface area contributed by atoms with Gasteiger partial charge in [-0.15, -0.1) is 0 Å². The lowest BCUT2D eigenvalue weighted by Crippen LogP contribution is -2.54. The number of carbonyl (C=O) groups excluding carboxylic acids is 1. The lowest BCUT2D eigenvalue weighted by atomic mass is 10.1. The van der Waals surface area contributed by atoms with E-state index in [1.165, 1.54) is 11.1 Å². The third kappa shape index (κ3) is 5.21. The Morgan fingerprint density at radius 1 is 1.35 bits per heavy atom. The van der Waals surface area contributed by atoms with Crippen LogP contribution in [0.5, 0.6) is 0 Å². The minimum absolute atomic E-state index is 0.162. The number of nitrogens with zero attached hydrogens (tertiary/aromatic N) is 2. The highest BCUT2D eigenvalue weighted by Crippen LogP contribution is 2.20. The summed E-state index contributed by atoms with van der Waals surface area (Å²) in [4.78, 5) is 16.5. The van der Waals surface area contributed by atoms with Gasteiger partial charge in [0.15, 0.2) is 0 Å². The molecule has 23 heavy (non-hydrogen) atoms. The van der Waals surface area contributed by atoms with E-state index < -0.39 is 5.60 Å². The molecule has 0 saturated carbocycles. The van der Waals surface area contributed by atoms with E-state index >= 15 is 0 Å². The third-order valence-corrected chi connectivity index (χ3v) is 4.86. The monoisotopic (exact) mass is 382 g/mol. The van der Waals surface area contributed by atoms with Gasteiger partial charge in [-0.3, -0.25) is 4.90 Å². The number of halogens is 1. The molecule has 0 N–H and O–H groups in total. The largest absolute Gasteiger partial charge is 0.444 e. The van der Waals surface area contributed by atoms with Crippen molar-refractivity contribution >= 4 is 22.0 Å². The lowest BCUT2D eigenvalue weighted by molar-refractivity contribution is 0.000563. The Hall–Kier alpha value is -1.07. The summed E-state index contributed by atoms with van der Waals surface area (Å²) < 4.78 is 6.64. The molecule has 0 bridgehead atoms. The highest BCUT2D eigenvalue weighted by atomic mass is 79.9. The summed E-state index contributed by atoms with van der Waals surface area (Å²) in [5.74, 6) is 0. The average Bonchev–Trinajstić information content (AvgIpc) is 2.41. The van der Waals surface area contributed by atoms with Gasteiger partial charge in [0, 0.05) is 36.7 Å². The Labute approximate surface area is 147 Å². The molecule has 1 fully saturated rings. The topological polar surface area (TPSA) is 32.8 Å². The van der Waals surface area contributed by atoms with E-state index in [0.29, 0.717) is 6.54 Å². The second-order valence-electron chi connectivity index (χ2n) is 7.34. The Bertz CT molecular complexity index is 569. The van der Waals surface area contributed by atoms with Gasteiger partial charge in [0.2, 0.25) is 0 Å². The van der Waals surface area contributed by atoms with Crippen molar-refractivity contribution in [2.45, 2.75) is 52.8 Å². The summed E-state index contributed by atoms with van der Waals surface area (Å²) in [5, 5.41) is 0. The van der Waals surface area contributed by atoms with Crippen LogP contribution in [0.4, 0.5) is 4.79 Å². The van der Waals surface area contributed by atoms with Crippen molar-refractivity contribution in [1.82, 2.24) is 9.80 Å². The van der Waals surface area contributed by atoms with Gasteiger partial charge in [0.1, 0.15) is 5.60 Å². The Morgan fingerprint density at radius 2 is 2.04 bits per heavy atom. The van der Waals surface area contributed by atoms with E-state index in [1.807, 2.05) is 25.7 Å². The SMILES string of the molecule is Cc1cc(CN2CCN(C(=O)OC(C)(C)C)[C@@H](C)C2)ccc1Br. The van der Waals surface area contributed by atoms with Crippen LogP contribution in [0, 0.1) is 6.92 Å². The Morgan fingerprint density at radius 3 is 2.61 bits per heavy atom. The van der Waals surface area contributed by atoms with Gasteiger partial charge < -0.3 is 9.64 Å². The molecule has 1 aliphatic rings. The first kappa shape index (κ1) is 18.3. The molecule has 1 aromatic rings. The van der Waals surface area contributed by atoms with Crippen LogP contribution in [-0.4, -0.2) is 47.2 Å². The summed E-state index contributed by atoms with van der Waals surface area (Å²) >= 11 is 3.54. The molecule has 2 rings (SSSR count). The Kier molecular flexibility index (Phi) is 5.74. The molecule has 128 valence electrons. The zero-order chi connectivity index (χ0) is 17.2. The predicted molar refractivity (Wildman–Crippen MR) is 96.6 cm³/mol.